The molecule has 0 N–H and O–H groups in total. The lowest BCUT2D eigenvalue weighted by Gasteiger charge is -2.39. The van der Waals surface area contributed by atoms with E-state index in [0.717, 1.165) is 5.56 Å². The monoisotopic (exact) mass is 329 g/mol. The summed E-state index contributed by atoms with van der Waals surface area (Å²) in [5.41, 5.74) is 0.776. The highest BCUT2D eigenvalue weighted by atomic mass is 35.5. The third-order valence-electron chi connectivity index (χ3n) is 3.57. The maximum absolute atomic E-state index is 12.1. The van der Waals surface area contributed by atoms with Crippen LogP contribution < -0.4 is 0 Å². The largest absolute Gasteiger partial charge is 0.340 e. The van der Waals surface area contributed by atoms with Crippen LogP contribution in [0.5, 0.6) is 0 Å². The molecule has 0 atom stereocenters. The normalized spacial score (nSPS) is 16.1. The van der Waals surface area contributed by atoms with Gasteiger partial charge in [-0.3, -0.25) is 4.79 Å². The van der Waals surface area contributed by atoms with E-state index in [1.165, 1.54) is 0 Å². The summed E-state index contributed by atoms with van der Waals surface area (Å²) in [5, 5.41) is 0.158. The Hall–Kier alpha value is -1.07. The van der Waals surface area contributed by atoms with Crippen LogP contribution in [0.15, 0.2) is 24.3 Å². The van der Waals surface area contributed by atoms with E-state index in [4.69, 9.17) is 11.6 Å². The van der Waals surface area contributed by atoms with E-state index in [9.17, 15) is 13.2 Å². The smallest absolute Gasteiger partial charge is 0.227 e. The standard InChI is InChI=1S/C15H20ClNO3S/c1-11(2)10-21(19,20)13-8-17(9-13)15(18)7-12-5-3-4-6-14(12)16/h3-6,11,13H,7-10H2,1-2H3. The van der Waals surface area contributed by atoms with E-state index in [1.54, 1.807) is 11.0 Å². The van der Waals surface area contributed by atoms with Crippen LogP contribution in [0.1, 0.15) is 19.4 Å². The highest BCUT2D eigenvalue weighted by Crippen LogP contribution is 2.22. The summed E-state index contributed by atoms with van der Waals surface area (Å²) in [4.78, 5) is 13.7. The highest BCUT2D eigenvalue weighted by Gasteiger charge is 2.39. The first-order chi connectivity index (χ1) is 9.79. The highest BCUT2D eigenvalue weighted by molar-refractivity contribution is 7.92. The predicted octanol–water partition coefficient (Wildman–Crippen LogP) is 2.16. The quantitative estimate of drug-likeness (QED) is 0.832. The van der Waals surface area contributed by atoms with Gasteiger partial charge < -0.3 is 4.90 Å². The van der Waals surface area contributed by atoms with Crippen molar-refractivity contribution in [1.29, 1.82) is 0 Å². The molecule has 1 fully saturated rings. The van der Waals surface area contributed by atoms with Crippen LogP contribution in [0.4, 0.5) is 0 Å². The van der Waals surface area contributed by atoms with Gasteiger partial charge in [-0.25, -0.2) is 8.42 Å². The van der Waals surface area contributed by atoms with Crippen molar-refractivity contribution in [3.05, 3.63) is 34.9 Å². The molecule has 2 rings (SSSR count). The molecule has 116 valence electrons. The van der Waals surface area contributed by atoms with Crippen molar-refractivity contribution < 1.29 is 13.2 Å². The Morgan fingerprint density at radius 1 is 1.33 bits per heavy atom. The van der Waals surface area contributed by atoms with Crippen molar-refractivity contribution in [2.45, 2.75) is 25.5 Å². The summed E-state index contributed by atoms with van der Waals surface area (Å²) < 4.78 is 24.1. The Labute approximate surface area is 131 Å². The molecule has 1 saturated heterocycles. The summed E-state index contributed by atoms with van der Waals surface area (Å²) in [6.45, 7) is 4.38. The van der Waals surface area contributed by atoms with Crippen LogP contribution in [-0.2, 0) is 21.1 Å². The molecule has 21 heavy (non-hydrogen) atoms. The summed E-state index contributed by atoms with van der Waals surface area (Å²) in [6.07, 6.45) is 0.219. The first kappa shape index (κ1) is 16.3. The van der Waals surface area contributed by atoms with E-state index < -0.39 is 15.1 Å². The van der Waals surface area contributed by atoms with Gasteiger partial charge in [-0.2, -0.15) is 0 Å². The van der Waals surface area contributed by atoms with E-state index in [-0.39, 0.29) is 24.0 Å². The zero-order valence-electron chi connectivity index (χ0n) is 12.3. The topological polar surface area (TPSA) is 54.5 Å². The molecule has 4 nitrogen and oxygen atoms in total. The molecule has 0 bridgehead atoms. The van der Waals surface area contributed by atoms with Gasteiger partial charge in [0.1, 0.15) is 0 Å². The first-order valence-electron chi connectivity index (χ1n) is 7.02. The average molecular weight is 330 g/mol. The molecule has 0 spiro atoms. The molecular formula is C15H20ClNO3S. The van der Waals surface area contributed by atoms with Gasteiger partial charge in [-0.05, 0) is 17.5 Å². The average Bonchev–Trinajstić information content (AvgIpc) is 2.27. The summed E-state index contributed by atoms with van der Waals surface area (Å²) in [5.74, 6) is 0.228. The summed E-state index contributed by atoms with van der Waals surface area (Å²) >= 11 is 6.03. The molecule has 1 aromatic carbocycles. The number of carbonyl (C=O) groups is 1. The van der Waals surface area contributed by atoms with Gasteiger partial charge in [0.05, 0.1) is 17.4 Å². The number of likely N-dealkylation sites (tertiary alicyclic amines) is 1. The molecule has 0 unspecified atom stereocenters. The molecule has 1 aliphatic heterocycles. The minimum Gasteiger partial charge on any atom is -0.340 e. The van der Waals surface area contributed by atoms with Crippen LogP contribution in [0.25, 0.3) is 0 Å². The Bertz CT molecular complexity index is 622. The van der Waals surface area contributed by atoms with Crippen molar-refractivity contribution in [1.82, 2.24) is 4.90 Å². The second kappa shape index (κ2) is 6.36. The van der Waals surface area contributed by atoms with Crippen molar-refractivity contribution in [3.8, 4) is 0 Å². The molecule has 0 aromatic heterocycles. The summed E-state index contributed by atoms with van der Waals surface area (Å²) in [7, 11) is -3.09. The molecule has 1 aromatic rings. The van der Waals surface area contributed by atoms with E-state index in [0.29, 0.717) is 18.1 Å². The fourth-order valence-electron chi connectivity index (χ4n) is 2.39. The number of nitrogens with zero attached hydrogens (tertiary/aromatic N) is 1. The van der Waals surface area contributed by atoms with Crippen LogP contribution >= 0.6 is 11.6 Å². The van der Waals surface area contributed by atoms with Crippen LogP contribution in [0.2, 0.25) is 5.02 Å². The Morgan fingerprint density at radius 2 is 1.95 bits per heavy atom. The number of halogens is 1. The number of sulfone groups is 1. The van der Waals surface area contributed by atoms with Crippen molar-refractivity contribution >= 4 is 27.3 Å². The van der Waals surface area contributed by atoms with Crippen molar-refractivity contribution in [3.63, 3.8) is 0 Å². The number of hydrogen-bond acceptors (Lipinski definition) is 3. The maximum Gasteiger partial charge on any atom is 0.227 e. The minimum atomic E-state index is -3.09. The van der Waals surface area contributed by atoms with Crippen LogP contribution in [0.3, 0.4) is 0 Å². The number of benzene rings is 1. The number of carbonyl (C=O) groups excluding carboxylic acids is 1. The van der Waals surface area contributed by atoms with Crippen LogP contribution in [0, 0.1) is 5.92 Å². The van der Waals surface area contributed by atoms with Gasteiger partial charge in [0, 0.05) is 18.1 Å². The van der Waals surface area contributed by atoms with Gasteiger partial charge >= 0.3 is 0 Å². The number of rotatable bonds is 5. The molecule has 6 heteroatoms. The van der Waals surface area contributed by atoms with E-state index in [1.807, 2.05) is 32.0 Å². The molecule has 1 amide bonds. The maximum atomic E-state index is 12.1. The van der Waals surface area contributed by atoms with Gasteiger partial charge in [0.25, 0.3) is 0 Å². The lowest BCUT2D eigenvalue weighted by molar-refractivity contribution is -0.133. The second-order valence-corrected chi connectivity index (χ2v) is 8.65. The third-order valence-corrected chi connectivity index (χ3v) is 6.39. The van der Waals surface area contributed by atoms with E-state index >= 15 is 0 Å². The number of hydrogen-bond donors (Lipinski definition) is 0. The van der Waals surface area contributed by atoms with Gasteiger partial charge in [0.15, 0.2) is 9.84 Å². The third kappa shape index (κ3) is 3.98. The number of amides is 1. The Balaban J connectivity index is 1.90. The Kier molecular flexibility index (Phi) is 4.94. The molecule has 0 radical (unpaired) electrons. The molecular weight excluding hydrogens is 310 g/mol. The first-order valence-corrected chi connectivity index (χ1v) is 9.11. The SMILES string of the molecule is CC(C)CS(=O)(=O)C1CN(C(=O)Cc2ccccc2Cl)C1. The fraction of sp³-hybridized carbons (Fsp3) is 0.533. The molecule has 0 saturated carbocycles. The van der Waals surface area contributed by atoms with Gasteiger partial charge in [-0.15, -0.1) is 0 Å². The van der Waals surface area contributed by atoms with Gasteiger partial charge in [-0.1, -0.05) is 43.6 Å². The van der Waals surface area contributed by atoms with Crippen LogP contribution in [-0.4, -0.2) is 43.3 Å². The minimum absolute atomic E-state index is 0.0703. The van der Waals surface area contributed by atoms with E-state index in [2.05, 4.69) is 0 Å². The second-order valence-electron chi connectivity index (χ2n) is 5.91. The van der Waals surface area contributed by atoms with Crippen molar-refractivity contribution in [2.24, 2.45) is 5.92 Å². The Morgan fingerprint density at radius 3 is 2.52 bits per heavy atom. The van der Waals surface area contributed by atoms with Crippen molar-refractivity contribution in [2.75, 3.05) is 18.8 Å². The fourth-order valence-corrected chi connectivity index (χ4v) is 4.60. The zero-order chi connectivity index (χ0) is 15.6. The lowest BCUT2D eigenvalue weighted by Crippen LogP contribution is -2.58. The lowest BCUT2D eigenvalue weighted by atomic mass is 10.1. The molecule has 1 aliphatic rings. The predicted molar refractivity (Wildman–Crippen MR) is 84.1 cm³/mol. The molecule has 0 aliphatic carbocycles. The van der Waals surface area contributed by atoms with Gasteiger partial charge in [0.2, 0.25) is 5.91 Å². The zero-order valence-corrected chi connectivity index (χ0v) is 13.8. The summed E-state index contributed by atoms with van der Waals surface area (Å²) in [6, 6.07) is 7.21. The molecule has 1 heterocycles.